The second kappa shape index (κ2) is 11.5. The molecule has 0 saturated carbocycles. The van der Waals surface area contributed by atoms with E-state index in [2.05, 4.69) is 66.7 Å². The Morgan fingerprint density at radius 2 is 1.16 bits per heavy atom. The second-order valence-corrected chi connectivity index (χ2v) is 9.79. The first-order chi connectivity index (χ1) is 18.1. The minimum Gasteiger partial charge on any atom is -0.324 e. The van der Waals surface area contributed by atoms with Gasteiger partial charge in [-0.25, -0.2) is 4.39 Å². The van der Waals surface area contributed by atoms with Crippen molar-refractivity contribution in [3.8, 4) is 0 Å². The number of hydrogen-bond acceptors (Lipinski definition) is 2. The standard InChI is InChI=1S/C34H33FN2/c35-28-18-9-17-27(23-28)30(21-22-32(36)25-12-3-1-4-13-25)33(34(37)26-14-5-2-6-15-26)31-20-10-16-24-11-7-8-19-29(24)31/h1-20,23,30,32-34H,21-22,36-37H2. The van der Waals surface area contributed by atoms with Gasteiger partial charge < -0.3 is 11.5 Å². The summed E-state index contributed by atoms with van der Waals surface area (Å²) in [5.41, 5.74) is 18.1. The molecule has 4 N–H and O–H groups in total. The molecular weight excluding hydrogens is 455 g/mol. The van der Waals surface area contributed by atoms with Crippen molar-refractivity contribution in [2.75, 3.05) is 0 Å². The molecule has 4 atom stereocenters. The summed E-state index contributed by atoms with van der Waals surface area (Å²) in [6.45, 7) is 0. The monoisotopic (exact) mass is 488 g/mol. The molecule has 37 heavy (non-hydrogen) atoms. The Morgan fingerprint density at radius 1 is 0.568 bits per heavy atom. The maximum absolute atomic E-state index is 14.6. The summed E-state index contributed by atoms with van der Waals surface area (Å²) in [4.78, 5) is 0. The van der Waals surface area contributed by atoms with Crippen molar-refractivity contribution in [2.45, 2.75) is 36.8 Å². The Kier molecular flexibility index (Phi) is 7.74. The summed E-state index contributed by atoms with van der Waals surface area (Å²) in [7, 11) is 0. The molecule has 0 heterocycles. The lowest BCUT2D eigenvalue weighted by atomic mass is 9.71. The van der Waals surface area contributed by atoms with Gasteiger partial charge in [0.2, 0.25) is 0 Å². The van der Waals surface area contributed by atoms with Crippen LogP contribution in [-0.2, 0) is 0 Å². The summed E-state index contributed by atoms with van der Waals surface area (Å²) >= 11 is 0. The van der Waals surface area contributed by atoms with Gasteiger partial charge in [-0.2, -0.15) is 0 Å². The van der Waals surface area contributed by atoms with Gasteiger partial charge in [-0.3, -0.25) is 0 Å². The summed E-state index contributed by atoms with van der Waals surface area (Å²) in [5.74, 6) is -0.357. The van der Waals surface area contributed by atoms with Crippen LogP contribution in [0.25, 0.3) is 10.8 Å². The summed E-state index contributed by atoms with van der Waals surface area (Å²) in [5, 5.41) is 2.35. The zero-order valence-electron chi connectivity index (χ0n) is 20.9. The average Bonchev–Trinajstić information content (AvgIpc) is 2.95. The molecule has 0 aromatic heterocycles. The van der Waals surface area contributed by atoms with E-state index in [0.717, 1.165) is 29.5 Å². The summed E-state index contributed by atoms with van der Waals surface area (Å²) in [6.07, 6.45) is 1.53. The zero-order valence-corrected chi connectivity index (χ0v) is 20.9. The maximum Gasteiger partial charge on any atom is 0.123 e. The van der Waals surface area contributed by atoms with Gasteiger partial charge in [-0.15, -0.1) is 0 Å². The third-order valence-corrected chi connectivity index (χ3v) is 7.48. The molecule has 2 nitrogen and oxygen atoms in total. The van der Waals surface area contributed by atoms with Crippen LogP contribution in [0.4, 0.5) is 4.39 Å². The molecule has 0 aliphatic rings. The van der Waals surface area contributed by atoms with Gasteiger partial charge in [-0.05, 0) is 63.9 Å². The van der Waals surface area contributed by atoms with Crippen molar-refractivity contribution < 1.29 is 4.39 Å². The van der Waals surface area contributed by atoms with Crippen molar-refractivity contribution in [3.63, 3.8) is 0 Å². The molecule has 0 radical (unpaired) electrons. The van der Waals surface area contributed by atoms with Gasteiger partial charge in [0.15, 0.2) is 0 Å². The minimum atomic E-state index is -0.284. The predicted octanol–water partition coefficient (Wildman–Crippen LogP) is 8.03. The van der Waals surface area contributed by atoms with Crippen molar-refractivity contribution in [1.82, 2.24) is 0 Å². The number of rotatable bonds is 9. The summed E-state index contributed by atoms with van der Waals surface area (Å²) < 4.78 is 14.6. The van der Waals surface area contributed by atoms with E-state index in [1.54, 1.807) is 12.1 Å². The molecule has 0 aliphatic heterocycles. The van der Waals surface area contributed by atoms with E-state index in [-0.39, 0.29) is 29.7 Å². The lowest BCUT2D eigenvalue weighted by Gasteiger charge is -2.34. The fourth-order valence-electron chi connectivity index (χ4n) is 5.60. The first-order valence-corrected chi connectivity index (χ1v) is 13.0. The van der Waals surface area contributed by atoms with Gasteiger partial charge >= 0.3 is 0 Å². The number of fused-ring (bicyclic) bond motifs is 1. The van der Waals surface area contributed by atoms with E-state index in [9.17, 15) is 4.39 Å². The molecule has 3 heteroatoms. The Morgan fingerprint density at radius 3 is 1.89 bits per heavy atom. The quantitative estimate of drug-likeness (QED) is 0.221. The van der Waals surface area contributed by atoms with Crippen molar-refractivity contribution in [3.05, 3.63) is 155 Å². The maximum atomic E-state index is 14.6. The molecule has 0 amide bonds. The van der Waals surface area contributed by atoms with E-state index in [1.165, 1.54) is 22.4 Å². The third-order valence-electron chi connectivity index (χ3n) is 7.48. The van der Waals surface area contributed by atoms with Crippen LogP contribution in [0.1, 0.15) is 59.0 Å². The first kappa shape index (κ1) is 24.9. The van der Waals surface area contributed by atoms with Gasteiger partial charge in [-0.1, -0.05) is 115 Å². The molecule has 5 rings (SSSR count). The van der Waals surface area contributed by atoms with Gasteiger partial charge in [0.25, 0.3) is 0 Å². The van der Waals surface area contributed by atoms with E-state index in [4.69, 9.17) is 11.5 Å². The zero-order chi connectivity index (χ0) is 25.6. The molecule has 0 bridgehead atoms. The van der Waals surface area contributed by atoms with E-state index in [1.807, 2.05) is 42.5 Å². The number of benzene rings is 5. The predicted molar refractivity (Wildman–Crippen MR) is 152 cm³/mol. The molecule has 186 valence electrons. The fraction of sp³-hybridized carbons (Fsp3) is 0.176. The first-order valence-electron chi connectivity index (χ1n) is 13.0. The van der Waals surface area contributed by atoms with Crippen LogP contribution in [0.15, 0.2) is 127 Å². The molecule has 0 spiro atoms. The third kappa shape index (κ3) is 5.64. The molecular formula is C34H33FN2. The largest absolute Gasteiger partial charge is 0.324 e. The topological polar surface area (TPSA) is 52.0 Å². The van der Waals surface area contributed by atoms with Gasteiger partial charge in [0, 0.05) is 18.0 Å². The highest BCUT2D eigenvalue weighted by molar-refractivity contribution is 5.86. The van der Waals surface area contributed by atoms with Crippen LogP contribution >= 0.6 is 0 Å². The normalized spacial score (nSPS) is 14.7. The number of halogens is 1. The molecule has 5 aromatic rings. The number of nitrogens with two attached hydrogens (primary N) is 2. The molecule has 4 unspecified atom stereocenters. The van der Waals surface area contributed by atoms with Gasteiger partial charge in [0.1, 0.15) is 5.82 Å². The molecule has 0 saturated heterocycles. The van der Waals surface area contributed by atoms with E-state index >= 15 is 0 Å². The average molecular weight is 489 g/mol. The molecule has 5 aromatic carbocycles. The molecule has 0 aliphatic carbocycles. The van der Waals surface area contributed by atoms with Crippen LogP contribution in [0.2, 0.25) is 0 Å². The Labute approximate surface area is 218 Å². The Balaban J connectivity index is 1.63. The highest BCUT2D eigenvalue weighted by Gasteiger charge is 2.32. The highest BCUT2D eigenvalue weighted by atomic mass is 19.1. The van der Waals surface area contributed by atoms with Crippen LogP contribution in [0.3, 0.4) is 0 Å². The van der Waals surface area contributed by atoms with Crippen LogP contribution in [0, 0.1) is 5.82 Å². The Bertz CT molecular complexity index is 1430. The van der Waals surface area contributed by atoms with Crippen LogP contribution < -0.4 is 11.5 Å². The van der Waals surface area contributed by atoms with Crippen molar-refractivity contribution in [2.24, 2.45) is 11.5 Å². The van der Waals surface area contributed by atoms with E-state index in [0.29, 0.717) is 0 Å². The van der Waals surface area contributed by atoms with Crippen molar-refractivity contribution in [1.29, 1.82) is 0 Å². The lowest BCUT2D eigenvalue weighted by Crippen LogP contribution is -2.26. The van der Waals surface area contributed by atoms with Crippen LogP contribution in [0.5, 0.6) is 0 Å². The minimum absolute atomic E-state index is 0.0357. The van der Waals surface area contributed by atoms with Crippen molar-refractivity contribution >= 4 is 10.8 Å². The smallest absolute Gasteiger partial charge is 0.123 e. The fourth-order valence-corrected chi connectivity index (χ4v) is 5.60. The lowest BCUT2D eigenvalue weighted by molar-refractivity contribution is 0.415. The summed E-state index contributed by atoms with van der Waals surface area (Å²) in [6, 6.07) is 41.8. The second-order valence-electron chi connectivity index (χ2n) is 9.79. The molecule has 0 fully saturated rings. The Hall–Kier alpha value is -3.79. The van der Waals surface area contributed by atoms with Crippen LogP contribution in [-0.4, -0.2) is 0 Å². The highest BCUT2D eigenvalue weighted by Crippen LogP contribution is 2.46. The van der Waals surface area contributed by atoms with Gasteiger partial charge in [0.05, 0.1) is 0 Å². The SMILES string of the molecule is NC(CCC(c1cccc(F)c1)C(c1cccc2ccccc12)C(N)c1ccccc1)c1ccccc1. The number of hydrogen-bond donors (Lipinski definition) is 2. The van der Waals surface area contributed by atoms with E-state index < -0.39 is 0 Å².